The minimum Gasteiger partial charge on any atom is -0.393 e. The number of hydrogen-bond donors (Lipinski definition) is 4. The van der Waals surface area contributed by atoms with Gasteiger partial charge in [0.1, 0.15) is 12.0 Å². The number of carbonyl (C=O) groups is 1. The molecule has 0 aliphatic heterocycles. The second kappa shape index (κ2) is 10.0. The lowest BCUT2D eigenvalue weighted by molar-refractivity contribution is -0.121. The van der Waals surface area contributed by atoms with Gasteiger partial charge in [0.25, 0.3) is 0 Å². The van der Waals surface area contributed by atoms with Gasteiger partial charge in [0.05, 0.1) is 12.5 Å². The second-order valence-electron chi connectivity index (χ2n) is 6.27. The predicted octanol–water partition coefficient (Wildman–Crippen LogP) is 2.39. The van der Waals surface area contributed by atoms with Gasteiger partial charge in [-0.2, -0.15) is 0 Å². The van der Waals surface area contributed by atoms with Gasteiger partial charge in [-0.3, -0.25) is 15.6 Å². The zero-order valence-corrected chi connectivity index (χ0v) is 16.1. The Balaban J connectivity index is 1.75. The number of ether oxygens (including phenoxy) is 1. The van der Waals surface area contributed by atoms with Crippen LogP contribution in [-0.4, -0.2) is 36.1 Å². The van der Waals surface area contributed by atoms with E-state index >= 15 is 0 Å². The van der Waals surface area contributed by atoms with Gasteiger partial charge in [0.15, 0.2) is 11.6 Å². The third-order valence-corrected chi connectivity index (χ3v) is 4.31. The van der Waals surface area contributed by atoms with Crippen LogP contribution in [0.5, 0.6) is 0 Å². The minimum absolute atomic E-state index is 0.227. The third kappa shape index (κ3) is 5.20. The molecule has 0 aliphatic rings. The third-order valence-electron chi connectivity index (χ3n) is 4.31. The van der Waals surface area contributed by atoms with E-state index in [1.165, 1.54) is 6.33 Å². The van der Waals surface area contributed by atoms with Crippen LogP contribution in [0.1, 0.15) is 17.0 Å². The van der Waals surface area contributed by atoms with Gasteiger partial charge in [-0.15, -0.1) is 0 Å². The first kappa shape index (κ1) is 20.1. The Morgan fingerprint density at radius 1 is 1.00 bits per heavy atom. The maximum absolute atomic E-state index is 13.0. The van der Waals surface area contributed by atoms with E-state index < -0.39 is 5.92 Å². The number of anilines is 3. The number of hydrazine groups is 1. The van der Waals surface area contributed by atoms with Crippen molar-refractivity contribution >= 4 is 23.2 Å². The van der Waals surface area contributed by atoms with Crippen LogP contribution < -0.4 is 21.9 Å². The lowest BCUT2D eigenvalue weighted by Gasteiger charge is -2.19. The topological polar surface area (TPSA) is 114 Å². The summed E-state index contributed by atoms with van der Waals surface area (Å²) in [6.07, 6.45) is 1.37. The fraction of sp³-hybridized carbons (Fsp3) is 0.190. The SMILES string of the molecule is COCCNc1ncnc(NNC(=O)C(c2ccccc2)c2ccccc2)c1N. The molecule has 8 nitrogen and oxygen atoms in total. The molecule has 29 heavy (non-hydrogen) atoms. The molecule has 3 aromatic rings. The zero-order valence-electron chi connectivity index (χ0n) is 16.1. The number of methoxy groups -OCH3 is 1. The van der Waals surface area contributed by atoms with E-state index in [4.69, 9.17) is 10.5 Å². The number of rotatable bonds is 9. The molecule has 2 aromatic carbocycles. The van der Waals surface area contributed by atoms with Crippen molar-refractivity contribution in [3.05, 3.63) is 78.1 Å². The average Bonchev–Trinajstić information content (AvgIpc) is 2.76. The monoisotopic (exact) mass is 392 g/mol. The number of nitrogens with one attached hydrogen (secondary N) is 3. The molecule has 150 valence electrons. The van der Waals surface area contributed by atoms with Crippen LogP contribution in [0.4, 0.5) is 17.3 Å². The van der Waals surface area contributed by atoms with Crippen LogP contribution in [-0.2, 0) is 9.53 Å². The standard InChI is InChI=1S/C21H24N6O2/c1-29-13-12-23-19-18(22)20(25-14-24-19)26-27-21(28)17(15-8-4-2-5-9-15)16-10-6-3-7-11-16/h2-11,14,17H,12-13,22H2,1H3,(H,27,28)(H2,23,24,25,26). The van der Waals surface area contributed by atoms with Crippen molar-refractivity contribution in [1.29, 1.82) is 0 Å². The molecule has 0 saturated carbocycles. The highest BCUT2D eigenvalue weighted by atomic mass is 16.5. The highest BCUT2D eigenvalue weighted by Crippen LogP contribution is 2.25. The maximum atomic E-state index is 13.0. The van der Waals surface area contributed by atoms with Crippen LogP contribution in [0.2, 0.25) is 0 Å². The van der Waals surface area contributed by atoms with Crippen LogP contribution >= 0.6 is 0 Å². The molecular weight excluding hydrogens is 368 g/mol. The van der Waals surface area contributed by atoms with Crippen molar-refractivity contribution < 1.29 is 9.53 Å². The first-order chi connectivity index (χ1) is 14.2. The molecule has 1 aromatic heterocycles. The smallest absolute Gasteiger partial charge is 0.250 e. The number of carbonyl (C=O) groups excluding carboxylic acids is 1. The summed E-state index contributed by atoms with van der Waals surface area (Å²) in [7, 11) is 1.61. The van der Waals surface area contributed by atoms with E-state index in [9.17, 15) is 4.79 Å². The molecule has 0 atom stereocenters. The van der Waals surface area contributed by atoms with E-state index in [0.717, 1.165) is 11.1 Å². The molecule has 5 N–H and O–H groups in total. The number of aromatic nitrogens is 2. The highest BCUT2D eigenvalue weighted by Gasteiger charge is 2.22. The summed E-state index contributed by atoms with van der Waals surface area (Å²) in [4.78, 5) is 21.3. The van der Waals surface area contributed by atoms with Gasteiger partial charge in [-0.05, 0) is 11.1 Å². The summed E-state index contributed by atoms with van der Waals surface area (Å²) in [6.45, 7) is 1.06. The molecule has 0 spiro atoms. The first-order valence-electron chi connectivity index (χ1n) is 9.19. The maximum Gasteiger partial charge on any atom is 0.250 e. The number of amides is 1. The van der Waals surface area contributed by atoms with Gasteiger partial charge in [-0.25, -0.2) is 9.97 Å². The quantitative estimate of drug-likeness (QED) is 0.326. The second-order valence-corrected chi connectivity index (χ2v) is 6.27. The molecule has 1 amide bonds. The highest BCUT2D eigenvalue weighted by molar-refractivity contribution is 5.88. The fourth-order valence-electron chi connectivity index (χ4n) is 2.89. The van der Waals surface area contributed by atoms with Crippen molar-refractivity contribution in [1.82, 2.24) is 15.4 Å². The number of hydrogen-bond acceptors (Lipinski definition) is 7. The van der Waals surface area contributed by atoms with Crippen molar-refractivity contribution in [2.75, 3.05) is 36.7 Å². The van der Waals surface area contributed by atoms with Crippen molar-refractivity contribution in [2.45, 2.75) is 5.92 Å². The Morgan fingerprint density at radius 3 is 2.17 bits per heavy atom. The molecule has 0 unspecified atom stereocenters. The Bertz CT molecular complexity index is 881. The normalized spacial score (nSPS) is 10.6. The summed E-state index contributed by atoms with van der Waals surface area (Å²) < 4.78 is 5.00. The lowest BCUT2D eigenvalue weighted by atomic mass is 9.91. The summed E-state index contributed by atoms with van der Waals surface area (Å²) in [5.41, 5.74) is 13.7. The number of nitrogens with two attached hydrogens (primary N) is 1. The Hall–Kier alpha value is -3.65. The summed E-state index contributed by atoms with van der Waals surface area (Å²) in [5.74, 6) is 0.0752. The minimum atomic E-state index is -0.479. The Labute approximate surface area is 169 Å². The van der Waals surface area contributed by atoms with Crippen LogP contribution in [0.3, 0.4) is 0 Å². The largest absolute Gasteiger partial charge is 0.393 e. The summed E-state index contributed by atoms with van der Waals surface area (Å²) in [6, 6.07) is 19.2. The van der Waals surface area contributed by atoms with E-state index in [-0.39, 0.29) is 5.91 Å². The number of benzene rings is 2. The predicted molar refractivity (Wildman–Crippen MR) is 113 cm³/mol. The van der Waals surface area contributed by atoms with E-state index in [0.29, 0.717) is 30.5 Å². The molecule has 8 heteroatoms. The molecule has 1 heterocycles. The van der Waals surface area contributed by atoms with E-state index in [2.05, 4.69) is 26.1 Å². The van der Waals surface area contributed by atoms with Gasteiger partial charge in [0, 0.05) is 13.7 Å². The Morgan fingerprint density at radius 2 is 1.59 bits per heavy atom. The molecule has 3 rings (SSSR count). The lowest BCUT2D eigenvalue weighted by Crippen LogP contribution is -2.35. The summed E-state index contributed by atoms with van der Waals surface area (Å²) in [5, 5.41) is 3.06. The molecule has 0 bridgehead atoms. The first-order valence-corrected chi connectivity index (χ1v) is 9.19. The molecular formula is C21H24N6O2. The van der Waals surface area contributed by atoms with Gasteiger partial charge in [-0.1, -0.05) is 60.7 Å². The van der Waals surface area contributed by atoms with E-state index in [1.807, 2.05) is 60.7 Å². The average molecular weight is 392 g/mol. The summed E-state index contributed by atoms with van der Waals surface area (Å²) >= 11 is 0. The van der Waals surface area contributed by atoms with E-state index in [1.54, 1.807) is 7.11 Å². The van der Waals surface area contributed by atoms with Gasteiger partial charge >= 0.3 is 0 Å². The fourth-order valence-corrected chi connectivity index (χ4v) is 2.89. The van der Waals surface area contributed by atoms with Gasteiger partial charge in [0.2, 0.25) is 5.91 Å². The molecule has 0 aliphatic carbocycles. The van der Waals surface area contributed by atoms with Crippen molar-refractivity contribution in [2.24, 2.45) is 0 Å². The van der Waals surface area contributed by atoms with Crippen molar-refractivity contribution in [3.63, 3.8) is 0 Å². The van der Waals surface area contributed by atoms with Crippen LogP contribution in [0.25, 0.3) is 0 Å². The van der Waals surface area contributed by atoms with Crippen molar-refractivity contribution in [3.8, 4) is 0 Å². The van der Waals surface area contributed by atoms with Crippen LogP contribution in [0, 0.1) is 0 Å². The molecule has 0 fully saturated rings. The number of nitrogens with zero attached hydrogens (tertiary/aromatic N) is 2. The molecule has 0 radical (unpaired) electrons. The molecule has 0 saturated heterocycles. The van der Waals surface area contributed by atoms with Gasteiger partial charge < -0.3 is 15.8 Å². The number of nitrogen functional groups attached to an aromatic ring is 1. The Kier molecular flexibility index (Phi) is 6.96. The van der Waals surface area contributed by atoms with Crippen LogP contribution in [0.15, 0.2) is 67.0 Å². The zero-order chi connectivity index (χ0) is 20.5.